The summed E-state index contributed by atoms with van der Waals surface area (Å²) in [7, 11) is -3.71. The highest BCUT2D eigenvalue weighted by molar-refractivity contribution is 7.91. The molecule has 0 unspecified atom stereocenters. The minimum atomic E-state index is -3.71. The van der Waals surface area contributed by atoms with Crippen molar-refractivity contribution in [2.45, 2.75) is 44.2 Å². The number of aryl methyl sites for hydroxylation is 3. The molecule has 1 N–H and O–H groups in total. The number of piperidine rings is 1. The summed E-state index contributed by atoms with van der Waals surface area (Å²) in [4.78, 5) is 17.1. The summed E-state index contributed by atoms with van der Waals surface area (Å²) in [5.74, 6) is 0.330. The predicted octanol–water partition coefficient (Wildman–Crippen LogP) is 4.02. The Kier molecular flexibility index (Phi) is 6.45. The number of anilines is 1. The van der Waals surface area contributed by atoms with Gasteiger partial charge in [0.05, 0.1) is 5.92 Å². The van der Waals surface area contributed by atoms with Crippen LogP contribution in [-0.4, -0.2) is 41.9 Å². The average molecular weight is 475 g/mol. The molecule has 1 aliphatic rings. The number of rotatable bonds is 6. The molecule has 1 saturated heterocycles. The maximum atomic E-state index is 13.2. The van der Waals surface area contributed by atoms with Gasteiger partial charge in [-0.1, -0.05) is 18.1 Å². The highest BCUT2D eigenvalue weighted by atomic mass is 32.2. The lowest BCUT2D eigenvalue weighted by Crippen LogP contribution is -2.43. The van der Waals surface area contributed by atoms with E-state index in [4.69, 9.17) is 4.52 Å². The number of thiophene rings is 1. The maximum Gasteiger partial charge on any atom is 0.252 e. The first kappa shape index (κ1) is 22.6. The first-order valence-electron chi connectivity index (χ1n) is 10.6. The first-order chi connectivity index (χ1) is 15.3. The Balaban J connectivity index is 1.47. The van der Waals surface area contributed by atoms with E-state index < -0.39 is 15.9 Å². The van der Waals surface area contributed by atoms with Gasteiger partial charge in [0.2, 0.25) is 17.6 Å². The topological polar surface area (TPSA) is 105 Å². The van der Waals surface area contributed by atoms with Crippen LogP contribution in [-0.2, 0) is 21.2 Å². The van der Waals surface area contributed by atoms with E-state index in [9.17, 15) is 13.2 Å². The van der Waals surface area contributed by atoms with Gasteiger partial charge in [-0.3, -0.25) is 4.79 Å². The van der Waals surface area contributed by atoms with Gasteiger partial charge in [-0.25, -0.2) is 8.42 Å². The van der Waals surface area contributed by atoms with E-state index in [0.717, 1.165) is 28.2 Å². The van der Waals surface area contributed by atoms with Crippen molar-refractivity contribution in [3.8, 4) is 11.4 Å². The summed E-state index contributed by atoms with van der Waals surface area (Å²) in [5.41, 5.74) is 3.59. The Morgan fingerprint density at radius 1 is 1.28 bits per heavy atom. The zero-order valence-electron chi connectivity index (χ0n) is 18.3. The van der Waals surface area contributed by atoms with E-state index >= 15 is 0 Å². The van der Waals surface area contributed by atoms with Crippen LogP contribution >= 0.6 is 11.3 Å². The number of hydrogen-bond donors (Lipinski definition) is 1. The number of nitrogens with zero attached hydrogens (tertiary/aromatic N) is 3. The van der Waals surface area contributed by atoms with Crippen LogP contribution in [0.25, 0.3) is 11.4 Å². The normalized spacial score (nSPS) is 17.4. The molecule has 3 heterocycles. The Labute approximate surface area is 191 Å². The second kappa shape index (κ2) is 9.13. The number of amides is 1. The summed E-state index contributed by atoms with van der Waals surface area (Å²) < 4.78 is 33.2. The standard InChI is InChI=1S/C22H26N4O4S2/c1-4-19-24-21(25-30-19)17-11-20(31-13-17)32(28,29)26-9-5-6-16(12-26)22(27)23-18-8-7-14(2)15(3)10-18/h7-8,10-11,13,16H,4-6,9,12H2,1-3H3,(H,23,27)/t16-/m1/s1. The van der Waals surface area contributed by atoms with Gasteiger partial charge in [-0.05, 0) is 56.0 Å². The Morgan fingerprint density at radius 3 is 2.81 bits per heavy atom. The largest absolute Gasteiger partial charge is 0.339 e. The van der Waals surface area contributed by atoms with Crippen molar-refractivity contribution in [2.75, 3.05) is 18.4 Å². The molecule has 0 bridgehead atoms. The van der Waals surface area contributed by atoms with E-state index in [1.54, 1.807) is 11.4 Å². The molecule has 170 valence electrons. The molecule has 2 aromatic heterocycles. The first-order valence-corrected chi connectivity index (χ1v) is 12.9. The molecule has 0 spiro atoms. The SMILES string of the molecule is CCc1nc(-c2csc(S(=O)(=O)N3CCC[C@@H](C(=O)Nc4ccc(C)c(C)c4)C3)c2)no1. The molecule has 4 rings (SSSR count). The molecular weight excluding hydrogens is 448 g/mol. The van der Waals surface area contributed by atoms with Crippen molar-refractivity contribution in [1.82, 2.24) is 14.4 Å². The van der Waals surface area contributed by atoms with Gasteiger partial charge < -0.3 is 9.84 Å². The van der Waals surface area contributed by atoms with E-state index in [2.05, 4.69) is 15.5 Å². The minimum absolute atomic E-state index is 0.154. The van der Waals surface area contributed by atoms with E-state index in [1.165, 1.54) is 4.31 Å². The molecule has 1 atom stereocenters. The highest BCUT2D eigenvalue weighted by Crippen LogP contribution is 2.31. The molecule has 1 amide bonds. The molecule has 10 heteroatoms. The Hall–Kier alpha value is -2.56. The average Bonchev–Trinajstić information content (AvgIpc) is 3.46. The number of benzene rings is 1. The van der Waals surface area contributed by atoms with E-state index in [1.807, 2.05) is 39.0 Å². The third-order valence-electron chi connectivity index (χ3n) is 5.73. The van der Waals surface area contributed by atoms with Crippen LogP contribution in [0, 0.1) is 19.8 Å². The summed E-state index contributed by atoms with van der Waals surface area (Å²) in [6.45, 7) is 6.47. The van der Waals surface area contributed by atoms with Crippen LogP contribution in [0.2, 0.25) is 0 Å². The van der Waals surface area contributed by atoms with Crippen molar-refractivity contribution in [2.24, 2.45) is 5.92 Å². The molecule has 0 radical (unpaired) electrons. The van der Waals surface area contributed by atoms with Crippen LogP contribution < -0.4 is 5.32 Å². The van der Waals surface area contributed by atoms with Gasteiger partial charge in [-0.2, -0.15) is 9.29 Å². The van der Waals surface area contributed by atoms with Crippen LogP contribution in [0.1, 0.15) is 36.8 Å². The molecule has 3 aromatic rings. The summed E-state index contributed by atoms with van der Waals surface area (Å²) >= 11 is 1.13. The van der Waals surface area contributed by atoms with Crippen molar-refractivity contribution in [3.05, 3.63) is 46.7 Å². The molecule has 0 saturated carbocycles. The van der Waals surface area contributed by atoms with Crippen molar-refractivity contribution >= 4 is 33.0 Å². The van der Waals surface area contributed by atoms with Crippen molar-refractivity contribution in [1.29, 1.82) is 0 Å². The van der Waals surface area contributed by atoms with Crippen LogP contribution in [0.3, 0.4) is 0 Å². The molecule has 1 aliphatic heterocycles. The molecule has 32 heavy (non-hydrogen) atoms. The number of aromatic nitrogens is 2. The molecule has 8 nitrogen and oxygen atoms in total. The molecule has 1 fully saturated rings. The van der Waals surface area contributed by atoms with Crippen molar-refractivity contribution in [3.63, 3.8) is 0 Å². The minimum Gasteiger partial charge on any atom is -0.339 e. The number of nitrogens with one attached hydrogen (secondary N) is 1. The number of carbonyl (C=O) groups is 1. The molecule has 0 aliphatic carbocycles. The zero-order valence-corrected chi connectivity index (χ0v) is 19.9. The lowest BCUT2D eigenvalue weighted by molar-refractivity contribution is -0.120. The second-order valence-corrected chi connectivity index (χ2v) is 11.1. The van der Waals surface area contributed by atoms with Crippen LogP contribution in [0.4, 0.5) is 5.69 Å². The number of sulfonamides is 1. The predicted molar refractivity (Wildman–Crippen MR) is 123 cm³/mol. The maximum absolute atomic E-state index is 13.2. The second-order valence-electron chi connectivity index (χ2n) is 8.01. The fourth-order valence-corrected chi connectivity index (χ4v) is 6.48. The summed E-state index contributed by atoms with van der Waals surface area (Å²) in [6, 6.07) is 7.33. The van der Waals surface area contributed by atoms with E-state index in [-0.39, 0.29) is 16.7 Å². The van der Waals surface area contributed by atoms with Gasteiger partial charge >= 0.3 is 0 Å². The third-order valence-corrected chi connectivity index (χ3v) is 9.01. The molecular formula is C22H26N4O4S2. The smallest absolute Gasteiger partial charge is 0.252 e. The van der Waals surface area contributed by atoms with Gasteiger partial charge in [0.15, 0.2) is 0 Å². The van der Waals surface area contributed by atoms with Gasteiger partial charge in [0.1, 0.15) is 4.21 Å². The quantitative estimate of drug-likeness (QED) is 0.579. The summed E-state index contributed by atoms with van der Waals surface area (Å²) in [5, 5.41) is 8.56. The van der Waals surface area contributed by atoms with Gasteiger partial charge in [-0.15, -0.1) is 11.3 Å². The highest BCUT2D eigenvalue weighted by Gasteiger charge is 2.34. The monoisotopic (exact) mass is 474 g/mol. The van der Waals surface area contributed by atoms with Crippen LogP contribution in [0.15, 0.2) is 38.4 Å². The third kappa shape index (κ3) is 4.62. The van der Waals surface area contributed by atoms with Crippen molar-refractivity contribution < 1.29 is 17.7 Å². The molecule has 1 aromatic carbocycles. The summed E-state index contributed by atoms with van der Waals surface area (Å²) in [6.07, 6.45) is 1.90. The lowest BCUT2D eigenvalue weighted by atomic mass is 9.98. The fourth-order valence-electron chi connectivity index (χ4n) is 3.65. The Morgan fingerprint density at radius 2 is 2.09 bits per heavy atom. The fraction of sp³-hybridized carbons (Fsp3) is 0.409. The van der Waals surface area contributed by atoms with Gasteiger partial charge in [0, 0.05) is 36.1 Å². The number of hydrogen-bond acceptors (Lipinski definition) is 7. The Bertz CT molecular complexity index is 1230. The number of carbonyl (C=O) groups excluding carboxylic acids is 1. The zero-order chi connectivity index (χ0) is 22.9. The van der Waals surface area contributed by atoms with Gasteiger partial charge in [0.25, 0.3) is 10.0 Å². The lowest BCUT2D eigenvalue weighted by Gasteiger charge is -2.30. The van der Waals surface area contributed by atoms with E-state index in [0.29, 0.717) is 43.1 Å². The van der Waals surface area contributed by atoms with Crippen LogP contribution in [0.5, 0.6) is 0 Å².